The van der Waals surface area contributed by atoms with Crippen molar-refractivity contribution < 1.29 is 4.79 Å². The van der Waals surface area contributed by atoms with E-state index in [1.165, 1.54) is 6.08 Å². The van der Waals surface area contributed by atoms with E-state index in [0.717, 1.165) is 22.6 Å². The molecule has 7 heteroatoms. The summed E-state index contributed by atoms with van der Waals surface area (Å²) in [6.45, 7) is 3.84. The van der Waals surface area contributed by atoms with Crippen molar-refractivity contribution in [3.05, 3.63) is 81.6 Å². The maximum atomic E-state index is 12.1. The number of nitrogens with one attached hydrogen (secondary N) is 2. The molecule has 0 spiro atoms. The van der Waals surface area contributed by atoms with Crippen LogP contribution in [0.1, 0.15) is 17.0 Å². The van der Waals surface area contributed by atoms with Gasteiger partial charge in [0.05, 0.1) is 10.0 Å². The number of nitrogens with zero attached hydrogens (tertiary/aromatic N) is 2. The van der Waals surface area contributed by atoms with E-state index >= 15 is 0 Å². The van der Waals surface area contributed by atoms with Gasteiger partial charge in [0.15, 0.2) is 0 Å². The molecule has 2 N–H and O–H groups in total. The molecule has 1 aromatic heterocycles. The maximum Gasteiger partial charge on any atom is 0.248 e. The maximum absolute atomic E-state index is 12.1. The van der Waals surface area contributed by atoms with Gasteiger partial charge in [-0.15, -0.1) is 0 Å². The minimum Gasteiger partial charge on any atom is -0.324 e. The zero-order valence-corrected chi connectivity index (χ0v) is 16.8. The highest BCUT2D eigenvalue weighted by Crippen LogP contribution is 2.23. The van der Waals surface area contributed by atoms with Crippen LogP contribution < -0.4 is 10.6 Å². The van der Waals surface area contributed by atoms with Crippen LogP contribution in [-0.2, 0) is 4.79 Å². The first-order valence-corrected chi connectivity index (χ1v) is 9.28. The molecule has 0 saturated carbocycles. The molecule has 0 aliphatic rings. The number of hydrogen-bond acceptors (Lipinski definition) is 4. The van der Waals surface area contributed by atoms with Crippen molar-refractivity contribution in [1.29, 1.82) is 0 Å². The molecule has 2 aromatic carbocycles. The van der Waals surface area contributed by atoms with Crippen LogP contribution in [0, 0.1) is 13.8 Å². The molecule has 0 radical (unpaired) electrons. The Labute approximate surface area is 173 Å². The fourth-order valence-electron chi connectivity index (χ4n) is 2.52. The Morgan fingerprint density at radius 1 is 0.893 bits per heavy atom. The summed E-state index contributed by atoms with van der Waals surface area (Å²) in [5, 5.41) is 6.87. The first kappa shape index (κ1) is 19.9. The second-order valence-corrected chi connectivity index (χ2v) is 6.99. The Hall–Kier alpha value is -2.89. The van der Waals surface area contributed by atoms with Gasteiger partial charge in [-0.2, -0.15) is 0 Å². The van der Waals surface area contributed by atoms with Crippen molar-refractivity contribution >= 4 is 52.5 Å². The second kappa shape index (κ2) is 8.87. The molecule has 0 aliphatic heterocycles. The smallest absolute Gasteiger partial charge is 0.248 e. The Kier molecular flexibility index (Phi) is 6.29. The molecule has 0 fully saturated rings. The fourth-order valence-corrected chi connectivity index (χ4v) is 2.83. The molecular formula is C21H18Cl2N4O. The van der Waals surface area contributed by atoms with Gasteiger partial charge in [-0.3, -0.25) is 4.79 Å². The van der Waals surface area contributed by atoms with Crippen LogP contribution in [0.2, 0.25) is 10.0 Å². The Balaban J connectivity index is 1.61. The van der Waals surface area contributed by atoms with E-state index in [9.17, 15) is 4.79 Å². The number of rotatable bonds is 5. The lowest BCUT2D eigenvalue weighted by atomic mass is 10.2. The lowest BCUT2D eigenvalue weighted by molar-refractivity contribution is -0.111. The van der Waals surface area contributed by atoms with Crippen molar-refractivity contribution in [3.8, 4) is 0 Å². The molecule has 5 nitrogen and oxygen atoms in total. The van der Waals surface area contributed by atoms with Crippen molar-refractivity contribution in [2.75, 3.05) is 10.6 Å². The van der Waals surface area contributed by atoms with Gasteiger partial charge >= 0.3 is 0 Å². The van der Waals surface area contributed by atoms with E-state index in [1.807, 2.05) is 32.0 Å². The normalized spacial score (nSPS) is 10.9. The van der Waals surface area contributed by atoms with Gasteiger partial charge in [-0.1, -0.05) is 29.3 Å². The monoisotopic (exact) mass is 412 g/mol. The predicted molar refractivity (Wildman–Crippen MR) is 115 cm³/mol. The first-order valence-electron chi connectivity index (χ1n) is 8.52. The van der Waals surface area contributed by atoms with Crippen LogP contribution in [0.15, 0.2) is 54.6 Å². The number of aromatic nitrogens is 2. The number of carbonyl (C=O) groups is 1. The molecule has 1 heterocycles. The Morgan fingerprint density at radius 3 is 2.18 bits per heavy atom. The minimum atomic E-state index is -0.246. The number of amides is 1. The predicted octanol–water partition coefficient (Wildman–Crippen LogP) is 5.80. The molecule has 28 heavy (non-hydrogen) atoms. The summed E-state index contributed by atoms with van der Waals surface area (Å²) in [4.78, 5) is 20.8. The van der Waals surface area contributed by atoms with E-state index in [-0.39, 0.29) is 5.91 Å². The fraction of sp³-hybridized carbons (Fsp3) is 0.0952. The average Bonchev–Trinajstić information content (AvgIpc) is 2.63. The lowest BCUT2D eigenvalue weighted by Gasteiger charge is -2.08. The summed E-state index contributed by atoms with van der Waals surface area (Å²) in [5.41, 5.74) is 4.09. The zero-order chi connectivity index (χ0) is 20.1. The summed E-state index contributed by atoms with van der Waals surface area (Å²) in [5.74, 6) is 0.295. The third kappa shape index (κ3) is 5.55. The topological polar surface area (TPSA) is 66.9 Å². The first-order chi connectivity index (χ1) is 13.4. The average molecular weight is 413 g/mol. The molecule has 3 rings (SSSR count). The van der Waals surface area contributed by atoms with Gasteiger partial charge in [-0.05, 0) is 68.0 Å². The van der Waals surface area contributed by atoms with Gasteiger partial charge in [0, 0.05) is 28.8 Å². The van der Waals surface area contributed by atoms with Gasteiger partial charge in [0.25, 0.3) is 0 Å². The molecule has 0 unspecified atom stereocenters. The molecule has 3 aromatic rings. The van der Waals surface area contributed by atoms with E-state index < -0.39 is 0 Å². The highest BCUT2D eigenvalue weighted by Gasteiger charge is 2.03. The number of aryl methyl sites for hydroxylation is 2. The van der Waals surface area contributed by atoms with E-state index in [4.69, 9.17) is 23.2 Å². The molecule has 0 bridgehead atoms. The highest BCUT2D eigenvalue weighted by atomic mass is 35.5. The van der Waals surface area contributed by atoms with Crippen LogP contribution in [0.5, 0.6) is 0 Å². The summed E-state index contributed by atoms with van der Waals surface area (Å²) >= 11 is 11.8. The third-order valence-corrected chi connectivity index (χ3v) is 4.50. The van der Waals surface area contributed by atoms with Crippen LogP contribution in [-0.4, -0.2) is 15.9 Å². The van der Waals surface area contributed by atoms with E-state index in [2.05, 4.69) is 20.6 Å². The summed E-state index contributed by atoms with van der Waals surface area (Å²) < 4.78 is 0. The summed E-state index contributed by atoms with van der Waals surface area (Å²) in [6.07, 6.45) is 3.11. The number of hydrogen-bond donors (Lipinski definition) is 2. The van der Waals surface area contributed by atoms with Crippen molar-refractivity contribution in [3.63, 3.8) is 0 Å². The standard InChI is InChI=1S/C21H18Cl2N4O/c1-13-11-14(2)25-21(24-13)27-17-7-5-16(6-8-17)26-20(28)10-4-15-3-9-18(22)19(23)12-15/h3-12H,1-2H3,(H,26,28)(H,24,25,27)/b10-4+. The molecule has 0 aliphatic carbocycles. The summed E-state index contributed by atoms with van der Waals surface area (Å²) in [7, 11) is 0. The molecule has 1 amide bonds. The Morgan fingerprint density at radius 2 is 1.54 bits per heavy atom. The molecular weight excluding hydrogens is 395 g/mol. The van der Waals surface area contributed by atoms with Crippen LogP contribution in [0.3, 0.4) is 0 Å². The number of halogens is 2. The van der Waals surface area contributed by atoms with Crippen LogP contribution in [0.4, 0.5) is 17.3 Å². The number of anilines is 3. The quantitative estimate of drug-likeness (QED) is 0.519. The van der Waals surface area contributed by atoms with E-state index in [1.54, 1.807) is 36.4 Å². The Bertz CT molecular complexity index is 1010. The molecule has 0 atom stereocenters. The second-order valence-electron chi connectivity index (χ2n) is 6.17. The highest BCUT2D eigenvalue weighted by molar-refractivity contribution is 6.42. The van der Waals surface area contributed by atoms with Gasteiger partial charge in [-0.25, -0.2) is 9.97 Å². The van der Waals surface area contributed by atoms with Crippen molar-refractivity contribution in [2.45, 2.75) is 13.8 Å². The van der Waals surface area contributed by atoms with Crippen molar-refractivity contribution in [2.24, 2.45) is 0 Å². The van der Waals surface area contributed by atoms with Crippen molar-refractivity contribution in [1.82, 2.24) is 9.97 Å². The van der Waals surface area contributed by atoms with E-state index in [0.29, 0.717) is 21.7 Å². The number of benzene rings is 2. The van der Waals surface area contributed by atoms with Gasteiger partial charge < -0.3 is 10.6 Å². The zero-order valence-electron chi connectivity index (χ0n) is 15.3. The van der Waals surface area contributed by atoms with Gasteiger partial charge in [0.1, 0.15) is 0 Å². The summed E-state index contributed by atoms with van der Waals surface area (Å²) in [6, 6.07) is 14.4. The minimum absolute atomic E-state index is 0.246. The van der Waals surface area contributed by atoms with Gasteiger partial charge in [0.2, 0.25) is 11.9 Å². The third-order valence-electron chi connectivity index (χ3n) is 3.76. The lowest BCUT2D eigenvalue weighted by Crippen LogP contribution is -2.07. The molecule has 0 saturated heterocycles. The van der Waals surface area contributed by atoms with Crippen LogP contribution >= 0.6 is 23.2 Å². The largest absolute Gasteiger partial charge is 0.324 e. The molecule has 142 valence electrons. The number of carbonyl (C=O) groups excluding carboxylic acids is 1. The SMILES string of the molecule is Cc1cc(C)nc(Nc2ccc(NC(=O)/C=C/c3ccc(Cl)c(Cl)c3)cc2)n1. The van der Waals surface area contributed by atoms with Crippen LogP contribution in [0.25, 0.3) is 6.08 Å².